The lowest BCUT2D eigenvalue weighted by Crippen LogP contribution is -2.51. The first-order valence-corrected chi connectivity index (χ1v) is 9.32. The summed E-state index contributed by atoms with van der Waals surface area (Å²) in [7, 11) is 0. The number of pyridine rings is 1. The molecule has 8 heteroatoms. The Morgan fingerprint density at radius 1 is 1.52 bits per heavy atom. The Labute approximate surface area is 142 Å². The van der Waals surface area contributed by atoms with Crippen LogP contribution in [0.1, 0.15) is 16.9 Å². The van der Waals surface area contributed by atoms with E-state index in [1.807, 2.05) is 18.4 Å². The van der Waals surface area contributed by atoms with Crippen molar-refractivity contribution in [2.45, 2.75) is 22.9 Å². The minimum absolute atomic E-state index is 0.127. The van der Waals surface area contributed by atoms with Crippen LogP contribution in [0, 0.1) is 0 Å². The van der Waals surface area contributed by atoms with Crippen molar-refractivity contribution in [2.24, 2.45) is 0 Å². The predicted octanol–water partition coefficient (Wildman–Crippen LogP) is 2.23. The highest BCUT2D eigenvalue weighted by atomic mass is 32.2. The number of thiazole rings is 1. The second-order valence-corrected chi connectivity index (χ2v) is 6.88. The van der Waals surface area contributed by atoms with E-state index < -0.39 is 0 Å². The molecule has 2 aromatic heterocycles. The maximum Gasteiger partial charge on any atom is 0.271 e. The molecule has 0 unspecified atom stereocenters. The predicted molar refractivity (Wildman–Crippen MR) is 89.2 cm³/mol. The van der Waals surface area contributed by atoms with Gasteiger partial charge in [-0.1, -0.05) is 17.8 Å². The van der Waals surface area contributed by atoms with Crippen LogP contribution >= 0.6 is 23.1 Å². The molecule has 0 aromatic carbocycles. The smallest absolute Gasteiger partial charge is 0.271 e. The third-order valence-electron chi connectivity index (χ3n) is 3.42. The standard InChI is InChI=1S/C15H17N3O3S2/c1-22-15-18-11(9-23-15)14(19)17-10-5-7-20-8-12(10)21-13-4-2-3-6-16-13/h2-4,6,9-10,12H,5,7-8H2,1H3,(H,17,19)/t10-,12-/m1/s1. The molecule has 23 heavy (non-hydrogen) atoms. The second-order valence-electron chi connectivity index (χ2n) is 4.97. The first kappa shape index (κ1) is 16.2. The van der Waals surface area contributed by atoms with Crippen LogP contribution in [0.25, 0.3) is 0 Å². The summed E-state index contributed by atoms with van der Waals surface area (Å²) in [5, 5.41) is 4.78. The molecular formula is C15H17N3O3S2. The summed E-state index contributed by atoms with van der Waals surface area (Å²) in [5.74, 6) is 0.351. The van der Waals surface area contributed by atoms with E-state index in [0.29, 0.717) is 31.2 Å². The summed E-state index contributed by atoms with van der Waals surface area (Å²) < 4.78 is 12.2. The molecule has 0 aliphatic carbocycles. The van der Waals surface area contributed by atoms with Crippen LogP contribution in [-0.2, 0) is 4.74 Å². The van der Waals surface area contributed by atoms with Gasteiger partial charge >= 0.3 is 0 Å². The number of thioether (sulfide) groups is 1. The normalized spacial score (nSPS) is 20.9. The zero-order valence-corrected chi connectivity index (χ0v) is 14.2. The summed E-state index contributed by atoms with van der Waals surface area (Å²) >= 11 is 3.00. The fraction of sp³-hybridized carbons (Fsp3) is 0.400. The number of amides is 1. The molecule has 2 atom stereocenters. The van der Waals surface area contributed by atoms with Crippen LogP contribution in [0.5, 0.6) is 5.88 Å². The Balaban J connectivity index is 1.65. The van der Waals surface area contributed by atoms with E-state index in [4.69, 9.17) is 9.47 Å². The minimum atomic E-state index is -0.263. The summed E-state index contributed by atoms with van der Waals surface area (Å²) in [5.41, 5.74) is 0.447. The molecule has 1 aliphatic heterocycles. The van der Waals surface area contributed by atoms with Gasteiger partial charge in [0, 0.05) is 24.3 Å². The molecule has 3 rings (SSSR count). The molecule has 1 aliphatic rings. The second kappa shape index (κ2) is 7.76. The third kappa shape index (κ3) is 4.21. The molecule has 1 N–H and O–H groups in total. The van der Waals surface area contributed by atoms with Gasteiger partial charge in [0.05, 0.1) is 12.6 Å². The van der Waals surface area contributed by atoms with Crippen LogP contribution in [-0.4, -0.2) is 47.5 Å². The largest absolute Gasteiger partial charge is 0.470 e. The van der Waals surface area contributed by atoms with Gasteiger partial charge in [-0.05, 0) is 18.7 Å². The van der Waals surface area contributed by atoms with Gasteiger partial charge in [0.25, 0.3) is 5.91 Å². The van der Waals surface area contributed by atoms with Crippen molar-refractivity contribution >= 4 is 29.0 Å². The van der Waals surface area contributed by atoms with Gasteiger partial charge in [-0.25, -0.2) is 9.97 Å². The minimum Gasteiger partial charge on any atom is -0.470 e. The van der Waals surface area contributed by atoms with Gasteiger partial charge in [-0.3, -0.25) is 4.79 Å². The zero-order valence-electron chi connectivity index (χ0n) is 12.6. The number of aromatic nitrogens is 2. The maximum absolute atomic E-state index is 12.4. The van der Waals surface area contributed by atoms with E-state index in [1.165, 1.54) is 23.1 Å². The number of nitrogens with one attached hydrogen (secondary N) is 1. The lowest BCUT2D eigenvalue weighted by molar-refractivity contribution is -0.0153. The average Bonchev–Trinajstić information content (AvgIpc) is 3.07. The number of nitrogens with zero attached hydrogens (tertiary/aromatic N) is 2. The highest BCUT2D eigenvalue weighted by molar-refractivity contribution is 8.00. The molecule has 1 amide bonds. The fourth-order valence-corrected chi connectivity index (χ4v) is 3.50. The van der Waals surface area contributed by atoms with Gasteiger partial charge in [0.2, 0.25) is 5.88 Å². The first-order chi connectivity index (χ1) is 11.3. The topological polar surface area (TPSA) is 73.3 Å². The molecule has 6 nitrogen and oxygen atoms in total. The summed E-state index contributed by atoms with van der Waals surface area (Å²) in [6, 6.07) is 5.35. The van der Waals surface area contributed by atoms with Crippen LogP contribution in [0.15, 0.2) is 34.1 Å². The fourth-order valence-electron chi connectivity index (χ4n) is 2.26. The van der Waals surface area contributed by atoms with Gasteiger partial charge in [0.15, 0.2) is 0 Å². The van der Waals surface area contributed by atoms with Crippen LogP contribution in [0.2, 0.25) is 0 Å². The molecule has 3 heterocycles. The average molecular weight is 351 g/mol. The highest BCUT2D eigenvalue weighted by Crippen LogP contribution is 2.20. The Hall–Kier alpha value is -1.64. The van der Waals surface area contributed by atoms with Crippen LogP contribution in [0.4, 0.5) is 0 Å². The van der Waals surface area contributed by atoms with Crippen molar-refractivity contribution in [3.63, 3.8) is 0 Å². The lowest BCUT2D eigenvalue weighted by atomic mass is 10.1. The van der Waals surface area contributed by atoms with E-state index in [1.54, 1.807) is 17.6 Å². The molecule has 0 bridgehead atoms. The van der Waals surface area contributed by atoms with E-state index in [-0.39, 0.29) is 18.1 Å². The van der Waals surface area contributed by atoms with Crippen LogP contribution < -0.4 is 10.1 Å². The van der Waals surface area contributed by atoms with Gasteiger partial charge in [0.1, 0.15) is 16.1 Å². The van der Waals surface area contributed by atoms with Crippen molar-refractivity contribution in [1.29, 1.82) is 0 Å². The Morgan fingerprint density at radius 3 is 3.17 bits per heavy atom. The molecule has 1 saturated heterocycles. The SMILES string of the molecule is CSc1nc(C(=O)N[C@@H]2CCOC[C@H]2Oc2ccccn2)cs1. The summed E-state index contributed by atoms with van der Waals surface area (Å²) in [4.78, 5) is 20.8. The Bertz CT molecular complexity index is 650. The number of hydrogen-bond donors (Lipinski definition) is 1. The Morgan fingerprint density at radius 2 is 2.43 bits per heavy atom. The molecule has 0 spiro atoms. The number of hydrogen-bond acceptors (Lipinski definition) is 7. The van der Waals surface area contributed by atoms with Gasteiger partial charge in [-0.2, -0.15) is 0 Å². The number of rotatable bonds is 5. The highest BCUT2D eigenvalue weighted by Gasteiger charge is 2.30. The van der Waals surface area contributed by atoms with Gasteiger partial charge < -0.3 is 14.8 Å². The lowest BCUT2D eigenvalue weighted by Gasteiger charge is -2.31. The van der Waals surface area contributed by atoms with Crippen molar-refractivity contribution < 1.29 is 14.3 Å². The molecule has 2 aromatic rings. The number of carbonyl (C=O) groups is 1. The Kier molecular flexibility index (Phi) is 5.47. The van der Waals surface area contributed by atoms with Crippen molar-refractivity contribution in [3.8, 4) is 5.88 Å². The third-order valence-corrected chi connectivity index (χ3v) is 5.28. The molecular weight excluding hydrogens is 334 g/mol. The number of carbonyl (C=O) groups excluding carboxylic acids is 1. The van der Waals surface area contributed by atoms with E-state index in [0.717, 1.165) is 4.34 Å². The molecule has 0 radical (unpaired) electrons. The maximum atomic E-state index is 12.4. The quantitative estimate of drug-likeness (QED) is 0.833. The summed E-state index contributed by atoms with van der Waals surface area (Å²) in [6.45, 7) is 1.02. The van der Waals surface area contributed by atoms with Crippen molar-refractivity contribution in [3.05, 3.63) is 35.5 Å². The van der Waals surface area contributed by atoms with E-state index in [2.05, 4.69) is 15.3 Å². The number of ether oxygens (including phenoxy) is 2. The zero-order chi connectivity index (χ0) is 16.1. The molecule has 0 saturated carbocycles. The summed E-state index contributed by atoms with van der Waals surface area (Å²) in [6.07, 6.45) is 4.05. The van der Waals surface area contributed by atoms with E-state index >= 15 is 0 Å². The van der Waals surface area contributed by atoms with Crippen molar-refractivity contribution in [1.82, 2.24) is 15.3 Å². The molecule has 122 valence electrons. The van der Waals surface area contributed by atoms with Crippen molar-refractivity contribution in [2.75, 3.05) is 19.5 Å². The van der Waals surface area contributed by atoms with E-state index in [9.17, 15) is 4.79 Å². The molecule has 1 fully saturated rings. The first-order valence-electron chi connectivity index (χ1n) is 7.22. The monoisotopic (exact) mass is 351 g/mol. The van der Waals surface area contributed by atoms with Gasteiger partial charge in [-0.15, -0.1) is 11.3 Å². The van der Waals surface area contributed by atoms with Crippen LogP contribution in [0.3, 0.4) is 0 Å².